The maximum absolute atomic E-state index is 11.8. The maximum atomic E-state index is 11.8. The summed E-state index contributed by atoms with van der Waals surface area (Å²) in [4.78, 5) is 13.2. The fourth-order valence-electron chi connectivity index (χ4n) is 1.90. The van der Waals surface area contributed by atoms with Crippen molar-refractivity contribution in [3.63, 3.8) is 0 Å². The third-order valence-corrected chi connectivity index (χ3v) is 4.08. The Labute approximate surface area is 118 Å². The third kappa shape index (κ3) is 3.36. The number of halogens is 1. The van der Waals surface area contributed by atoms with Gasteiger partial charge in [-0.05, 0) is 34.7 Å². The average Bonchev–Trinajstić information content (AvgIpc) is 2.58. The van der Waals surface area contributed by atoms with Crippen LogP contribution in [0.5, 0.6) is 0 Å². The standard InChI is InChI=1S/C9H11IN4O3S/c10-7-1-2-8(13-12-7)14-4-6(3-9(14)15)5-18(11,16)17/h1-2,6H,3-5H2,(H2,11,16,17). The Morgan fingerprint density at radius 1 is 1.44 bits per heavy atom. The molecule has 2 rings (SSSR count). The fraction of sp³-hybridized carbons (Fsp3) is 0.444. The van der Waals surface area contributed by atoms with Crippen molar-refractivity contribution in [3.05, 3.63) is 15.8 Å². The summed E-state index contributed by atoms with van der Waals surface area (Å²) in [6.45, 7) is 0.310. The number of hydrogen-bond acceptors (Lipinski definition) is 5. The molecule has 1 amide bonds. The van der Waals surface area contributed by atoms with Crippen LogP contribution in [0.1, 0.15) is 6.42 Å². The number of hydrogen-bond donors (Lipinski definition) is 1. The molecule has 98 valence electrons. The minimum atomic E-state index is -3.56. The van der Waals surface area contributed by atoms with Gasteiger partial charge in [0.05, 0.1) is 5.75 Å². The monoisotopic (exact) mass is 382 g/mol. The van der Waals surface area contributed by atoms with E-state index in [1.54, 1.807) is 12.1 Å². The number of rotatable bonds is 3. The molecule has 1 aromatic heterocycles. The van der Waals surface area contributed by atoms with E-state index in [1.807, 2.05) is 22.6 Å². The van der Waals surface area contributed by atoms with Crippen molar-refractivity contribution in [2.24, 2.45) is 11.1 Å². The van der Waals surface area contributed by atoms with E-state index < -0.39 is 10.0 Å². The van der Waals surface area contributed by atoms with Gasteiger partial charge in [0.25, 0.3) is 0 Å². The minimum Gasteiger partial charge on any atom is -0.295 e. The molecule has 1 aliphatic heterocycles. The van der Waals surface area contributed by atoms with Gasteiger partial charge in [-0.1, -0.05) is 0 Å². The number of amides is 1. The summed E-state index contributed by atoms with van der Waals surface area (Å²) < 4.78 is 22.7. The average molecular weight is 382 g/mol. The molecule has 1 aliphatic rings. The van der Waals surface area contributed by atoms with Gasteiger partial charge >= 0.3 is 0 Å². The van der Waals surface area contributed by atoms with E-state index in [4.69, 9.17) is 5.14 Å². The van der Waals surface area contributed by atoms with Crippen molar-refractivity contribution in [3.8, 4) is 0 Å². The molecular weight excluding hydrogens is 371 g/mol. The predicted octanol–water partition coefficient (Wildman–Crippen LogP) is -0.277. The van der Waals surface area contributed by atoms with Crippen molar-refractivity contribution >= 4 is 44.3 Å². The van der Waals surface area contributed by atoms with Gasteiger partial charge in [-0.2, -0.15) is 0 Å². The van der Waals surface area contributed by atoms with Gasteiger partial charge in [-0.15, -0.1) is 10.2 Å². The molecule has 0 aromatic carbocycles. The molecule has 7 nitrogen and oxygen atoms in total. The van der Waals surface area contributed by atoms with Gasteiger partial charge in [-0.3, -0.25) is 9.69 Å². The molecule has 1 atom stereocenters. The Morgan fingerprint density at radius 2 is 2.17 bits per heavy atom. The van der Waals surface area contributed by atoms with Crippen LogP contribution in [0, 0.1) is 9.62 Å². The fourth-order valence-corrected chi connectivity index (χ4v) is 3.06. The van der Waals surface area contributed by atoms with Crippen LogP contribution in [-0.4, -0.2) is 36.8 Å². The van der Waals surface area contributed by atoms with Crippen LogP contribution < -0.4 is 10.0 Å². The zero-order chi connectivity index (χ0) is 13.3. The molecule has 0 radical (unpaired) electrons. The Hall–Kier alpha value is -0.810. The van der Waals surface area contributed by atoms with Crippen LogP contribution in [0.4, 0.5) is 5.82 Å². The molecule has 1 aromatic rings. The van der Waals surface area contributed by atoms with Crippen molar-refractivity contribution in [2.45, 2.75) is 6.42 Å². The molecule has 2 N–H and O–H groups in total. The molecule has 0 spiro atoms. The second-order valence-corrected chi connectivity index (χ2v) is 6.88. The first-order valence-electron chi connectivity index (χ1n) is 5.15. The first kappa shape index (κ1) is 13.6. The van der Waals surface area contributed by atoms with Crippen molar-refractivity contribution in [1.29, 1.82) is 0 Å². The Balaban J connectivity index is 2.12. The molecule has 0 bridgehead atoms. The summed E-state index contributed by atoms with van der Waals surface area (Å²) in [7, 11) is -3.56. The number of carbonyl (C=O) groups excluding carboxylic acids is 1. The summed E-state index contributed by atoms with van der Waals surface area (Å²) in [5.74, 6) is -0.183. The van der Waals surface area contributed by atoms with E-state index >= 15 is 0 Å². The second-order valence-electron chi connectivity index (χ2n) is 4.12. The smallest absolute Gasteiger partial charge is 0.228 e. The van der Waals surface area contributed by atoms with E-state index in [0.29, 0.717) is 12.4 Å². The van der Waals surface area contributed by atoms with E-state index in [0.717, 1.165) is 3.70 Å². The Kier molecular flexibility index (Phi) is 3.82. The molecule has 1 saturated heterocycles. The lowest BCUT2D eigenvalue weighted by molar-refractivity contribution is -0.117. The van der Waals surface area contributed by atoms with E-state index in [1.165, 1.54) is 4.90 Å². The zero-order valence-electron chi connectivity index (χ0n) is 9.28. The summed E-state index contributed by atoms with van der Waals surface area (Å²) >= 11 is 2.01. The highest BCUT2D eigenvalue weighted by molar-refractivity contribution is 14.1. The molecule has 1 fully saturated rings. The highest BCUT2D eigenvalue weighted by Crippen LogP contribution is 2.23. The minimum absolute atomic E-state index is 0.154. The van der Waals surface area contributed by atoms with E-state index in [-0.39, 0.29) is 24.0 Å². The summed E-state index contributed by atoms with van der Waals surface area (Å²) in [6.07, 6.45) is 0.171. The topological polar surface area (TPSA) is 106 Å². The van der Waals surface area contributed by atoms with Crippen molar-refractivity contribution in [1.82, 2.24) is 10.2 Å². The molecule has 18 heavy (non-hydrogen) atoms. The molecule has 0 saturated carbocycles. The summed E-state index contributed by atoms with van der Waals surface area (Å²) in [5.41, 5.74) is 0. The van der Waals surface area contributed by atoms with Crippen LogP contribution in [0.3, 0.4) is 0 Å². The number of sulfonamides is 1. The number of primary sulfonamides is 1. The first-order chi connectivity index (χ1) is 8.35. The lowest BCUT2D eigenvalue weighted by Crippen LogP contribution is -2.28. The van der Waals surface area contributed by atoms with Gasteiger partial charge in [0, 0.05) is 18.9 Å². The van der Waals surface area contributed by atoms with Gasteiger partial charge in [0.1, 0.15) is 3.70 Å². The van der Waals surface area contributed by atoms with Crippen LogP contribution in [-0.2, 0) is 14.8 Å². The van der Waals surface area contributed by atoms with Crippen LogP contribution in [0.2, 0.25) is 0 Å². The zero-order valence-corrected chi connectivity index (χ0v) is 12.3. The molecular formula is C9H11IN4O3S. The molecule has 9 heteroatoms. The maximum Gasteiger partial charge on any atom is 0.228 e. The quantitative estimate of drug-likeness (QED) is 0.724. The number of anilines is 1. The predicted molar refractivity (Wildman–Crippen MR) is 73.2 cm³/mol. The molecule has 2 heterocycles. The van der Waals surface area contributed by atoms with Crippen molar-refractivity contribution < 1.29 is 13.2 Å². The van der Waals surface area contributed by atoms with Gasteiger partial charge in [0.15, 0.2) is 5.82 Å². The van der Waals surface area contributed by atoms with Crippen LogP contribution in [0.25, 0.3) is 0 Å². The van der Waals surface area contributed by atoms with Crippen molar-refractivity contribution in [2.75, 3.05) is 17.2 Å². The Bertz CT molecular complexity index is 560. The summed E-state index contributed by atoms with van der Waals surface area (Å²) in [5, 5.41) is 12.7. The second kappa shape index (κ2) is 5.05. The lowest BCUT2D eigenvalue weighted by Gasteiger charge is -2.14. The largest absolute Gasteiger partial charge is 0.295 e. The van der Waals surface area contributed by atoms with E-state index in [9.17, 15) is 13.2 Å². The highest BCUT2D eigenvalue weighted by Gasteiger charge is 2.33. The normalized spacial score (nSPS) is 20.4. The lowest BCUT2D eigenvalue weighted by atomic mass is 10.1. The molecule has 0 aliphatic carbocycles. The van der Waals surface area contributed by atoms with Gasteiger partial charge in [0.2, 0.25) is 15.9 Å². The summed E-state index contributed by atoms with van der Waals surface area (Å²) in [6, 6.07) is 3.43. The van der Waals surface area contributed by atoms with Gasteiger partial charge in [-0.25, -0.2) is 13.6 Å². The highest BCUT2D eigenvalue weighted by atomic mass is 127. The number of carbonyl (C=O) groups is 1. The molecule has 1 unspecified atom stereocenters. The first-order valence-corrected chi connectivity index (χ1v) is 7.94. The Morgan fingerprint density at radius 3 is 2.72 bits per heavy atom. The third-order valence-electron chi connectivity index (χ3n) is 2.57. The number of nitrogens with zero attached hydrogens (tertiary/aromatic N) is 3. The number of aromatic nitrogens is 2. The SMILES string of the molecule is NS(=O)(=O)CC1CC(=O)N(c2ccc(I)nn2)C1. The van der Waals surface area contributed by atoms with Gasteiger partial charge < -0.3 is 0 Å². The van der Waals surface area contributed by atoms with Crippen LogP contribution in [0.15, 0.2) is 12.1 Å². The van der Waals surface area contributed by atoms with E-state index in [2.05, 4.69) is 10.2 Å². The van der Waals surface area contributed by atoms with Crippen LogP contribution >= 0.6 is 22.6 Å². The number of nitrogens with two attached hydrogens (primary N) is 1.